The number of H-pyrrole nitrogens is 1. The Kier molecular flexibility index (Phi) is 5.19. The molecule has 10 heteroatoms. The quantitative estimate of drug-likeness (QED) is 0.488. The van der Waals surface area contributed by atoms with E-state index >= 15 is 0 Å². The molecule has 4 aromatic rings. The Morgan fingerprint density at radius 3 is 2.61 bits per heavy atom. The van der Waals surface area contributed by atoms with Gasteiger partial charge in [-0.1, -0.05) is 18.2 Å². The Balaban J connectivity index is 1.42. The summed E-state index contributed by atoms with van der Waals surface area (Å²) in [6, 6.07) is 15.2. The zero-order chi connectivity index (χ0) is 21.0. The van der Waals surface area contributed by atoms with Gasteiger partial charge < -0.3 is 24.3 Å². The SMILES string of the molecule is CN1CCN(c2nc(Nc3cc(-c4ccco4)[nH]n3)nc(Oc3ccccc3)n2)CC1. The van der Waals surface area contributed by atoms with Gasteiger partial charge in [0.05, 0.1) is 6.26 Å². The average Bonchev–Trinajstić information content (AvgIpc) is 3.47. The molecule has 1 aliphatic rings. The molecule has 1 aliphatic heterocycles. The molecule has 0 atom stereocenters. The molecule has 5 rings (SSSR count). The number of benzene rings is 1. The van der Waals surface area contributed by atoms with Gasteiger partial charge in [-0.25, -0.2) is 0 Å². The fourth-order valence-electron chi connectivity index (χ4n) is 3.25. The summed E-state index contributed by atoms with van der Waals surface area (Å²) in [4.78, 5) is 18.0. The lowest BCUT2D eigenvalue weighted by atomic mass is 10.3. The Bertz CT molecular complexity index is 1120. The molecule has 2 N–H and O–H groups in total. The number of nitrogens with zero attached hydrogens (tertiary/aromatic N) is 6. The van der Waals surface area contributed by atoms with Gasteiger partial charge in [-0.2, -0.15) is 20.1 Å². The van der Waals surface area contributed by atoms with E-state index in [0.717, 1.165) is 31.9 Å². The molecule has 158 valence electrons. The van der Waals surface area contributed by atoms with Crippen LogP contribution in [0.2, 0.25) is 0 Å². The van der Waals surface area contributed by atoms with Crippen LogP contribution in [0.5, 0.6) is 11.8 Å². The third-order valence-corrected chi connectivity index (χ3v) is 4.95. The maximum Gasteiger partial charge on any atom is 0.328 e. The van der Waals surface area contributed by atoms with Crippen molar-refractivity contribution >= 4 is 17.7 Å². The summed E-state index contributed by atoms with van der Waals surface area (Å²) in [6.07, 6.45) is 1.62. The highest BCUT2D eigenvalue weighted by atomic mass is 16.5. The number of likely N-dealkylation sites (N-methyl/N-ethyl adjacent to an activating group) is 1. The summed E-state index contributed by atoms with van der Waals surface area (Å²) >= 11 is 0. The van der Waals surface area contributed by atoms with E-state index in [1.165, 1.54) is 0 Å². The van der Waals surface area contributed by atoms with E-state index in [-0.39, 0.29) is 6.01 Å². The van der Waals surface area contributed by atoms with Crippen LogP contribution in [0, 0.1) is 0 Å². The maximum atomic E-state index is 5.89. The highest BCUT2D eigenvalue weighted by Crippen LogP contribution is 2.25. The number of ether oxygens (including phenoxy) is 1. The lowest BCUT2D eigenvalue weighted by molar-refractivity contribution is 0.310. The van der Waals surface area contributed by atoms with Gasteiger partial charge in [-0.3, -0.25) is 5.10 Å². The topological polar surface area (TPSA) is 108 Å². The first-order valence-electron chi connectivity index (χ1n) is 10.0. The smallest absolute Gasteiger partial charge is 0.328 e. The van der Waals surface area contributed by atoms with E-state index in [1.54, 1.807) is 6.26 Å². The average molecular weight is 418 g/mol. The minimum Gasteiger partial charge on any atom is -0.463 e. The van der Waals surface area contributed by atoms with Crippen LogP contribution in [-0.4, -0.2) is 63.3 Å². The van der Waals surface area contributed by atoms with Crippen molar-refractivity contribution in [2.45, 2.75) is 0 Å². The van der Waals surface area contributed by atoms with Crippen LogP contribution in [0.1, 0.15) is 0 Å². The Hall–Kier alpha value is -3.92. The summed E-state index contributed by atoms with van der Waals surface area (Å²) in [6.45, 7) is 3.54. The van der Waals surface area contributed by atoms with Crippen LogP contribution in [0.25, 0.3) is 11.5 Å². The molecular weight excluding hydrogens is 396 g/mol. The molecule has 1 fully saturated rings. The first-order chi connectivity index (χ1) is 15.2. The van der Waals surface area contributed by atoms with Gasteiger partial charge in [0.2, 0.25) is 11.9 Å². The minimum absolute atomic E-state index is 0.222. The second-order valence-corrected chi connectivity index (χ2v) is 7.22. The summed E-state index contributed by atoms with van der Waals surface area (Å²) in [5.41, 5.74) is 0.751. The predicted molar refractivity (Wildman–Crippen MR) is 116 cm³/mol. The lowest BCUT2D eigenvalue weighted by Crippen LogP contribution is -2.45. The van der Waals surface area contributed by atoms with Gasteiger partial charge in [0.15, 0.2) is 11.6 Å². The fourth-order valence-corrected chi connectivity index (χ4v) is 3.25. The number of hydrogen-bond acceptors (Lipinski definition) is 9. The van der Waals surface area contributed by atoms with Crippen molar-refractivity contribution in [3.63, 3.8) is 0 Å². The molecule has 31 heavy (non-hydrogen) atoms. The number of para-hydroxylation sites is 1. The van der Waals surface area contributed by atoms with Crippen molar-refractivity contribution in [1.29, 1.82) is 0 Å². The Morgan fingerprint density at radius 2 is 1.84 bits per heavy atom. The van der Waals surface area contributed by atoms with Gasteiger partial charge in [-0.15, -0.1) is 0 Å². The summed E-state index contributed by atoms with van der Waals surface area (Å²) < 4.78 is 11.3. The molecule has 0 saturated carbocycles. The lowest BCUT2D eigenvalue weighted by Gasteiger charge is -2.32. The van der Waals surface area contributed by atoms with Crippen LogP contribution in [0.3, 0.4) is 0 Å². The zero-order valence-electron chi connectivity index (χ0n) is 17.0. The molecule has 0 amide bonds. The second kappa shape index (κ2) is 8.44. The largest absolute Gasteiger partial charge is 0.463 e. The maximum absolute atomic E-state index is 5.89. The van der Waals surface area contributed by atoms with Crippen LogP contribution in [0.4, 0.5) is 17.7 Å². The van der Waals surface area contributed by atoms with Crippen molar-refractivity contribution in [3.05, 3.63) is 54.8 Å². The Labute approximate surface area is 178 Å². The summed E-state index contributed by atoms with van der Waals surface area (Å²) in [5.74, 6) is 2.84. The normalized spacial score (nSPS) is 14.5. The molecule has 0 radical (unpaired) electrons. The van der Waals surface area contributed by atoms with Gasteiger partial charge in [0, 0.05) is 32.2 Å². The molecule has 3 aromatic heterocycles. The molecular formula is C21H22N8O2. The van der Waals surface area contributed by atoms with Gasteiger partial charge >= 0.3 is 6.01 Å². The van der Waals surface area contributed by atoms with E-state index in [1.807, 2.05) is 48.5 Å². The molecule has 0 unspecified atom stereocenters. The minimum atomic E-state index is 0.222. The van der Waals surface area contributed by atoms with Crippen molar-refractivity contribution in [1.82, 2.24) is 30.0 Å². The molecule has 0 aliphatic carbocycles. The van der Waals surface area contributed by atoms with E-state index in [0.29, 0.717) is 29.2 Å². The summed E-state index contributed by atoms with van der Waals surface area (Å²) in [7, 11) is 2.11. The molecule has 4 heterocycles. The second-order valence-electron chi connectivity index (χ2n) is 7.22. The molecule has 1 saturated heterocycles. The van der Waals surface area contributed by atoms with Gasteiger partial charge in [0.1, 0.15) is 11.4 Å². The zero-order valence-corrected chi connectivity index (χ0v) is 17.0. The van der Waals surface area contributed by atoms with Crippen molar-refractivity contribution in [3.8, 4) is 23.2 Å². The van der Waals surface area contributed by atoms with Crippen LogP contribution >= 0.6 is 0 Å². The van der Waals surface area contributed by atoms with Crippen molar-refractivity contribution < 1.29 is 9.15 Å². The van der Waals surface area contributed by atoms with E-state index < -0.39 is 0 Å². The fraction of sp³-hybridized carbons (Fsp3) is 0.238. The third kappa shape index (κ3) is 4.48. The van der Waals surface area contributed by atoms with E-state index in [9.17, 15) is 0 Å². The first kappa shape index (κ1) is 19.1. The highest BCUT2D eigenvalue weighted by Gasteiger charge is 2.20. The number of anilines is 3. The number of rotatable bonds is 6. The van der Waals surface area contributed by atoms with Crippen molar-refractivity contribution in [2.75, 3.05) is 43.4 Å². The summed E-state index contributed by atoms with van der Waals surface area (Å²) in [5, 5.41) is 10.4. The van der Waals surface area contributed by atoms with Crippen LogP contribution in [0.15, 0.2) is 59.2 Å². The molecule has 10 nitrogen and oxygen atoms in total. The molecule has 0 spiro atoms. The molecule has 1 aromatic carbocycles. The monoisotopic (exact) mass is 418 g/mol. The van der Waals surface area contributed by atoms with Gasteiger partial charge in [0.25, 0.3) is 0 Å². The predicted octanol–water partition coefficient (Wildman–Crippen LogP) is 3.14. The van der Waals surface area contributed by atoms with Gasteiger partial charge in [-0.05, 0) is 31.3 Å². The number of piperazine rings is 1. The number of aromatic amines is 1. The Morgan fingerprint density at radius 1 is 1.00 bits per heavy atom. The standard InChI is InChI=1S/C21H22N8O2/c1-28-9-11-29(12-10-28)20-23-19(24-21(25-20)31-15-6-3-2-4-7-15)22-18-14-16(26-27-18)17-8-5-13-30-17/h2-8,13-14H,9-12H2,1H3,(H2,22,23,24,25,26,27). The van der Waals surface area contributed by atoms with Crippen molar-refractivity contribution in [2.24, 2.45) is 0 Å². The number of nitrogens with one attached hydrogen (secondary N) is 2. The molecule has 0 bridgehead atoms. The number of hydrogen-bond donors (Lipinski definition) is 2. The van der Waals surface area contributed by atoms with E-state index in [4.69, 9.17) is 9.15 Å². The van der Waals surface area contributed by atoms with Crippen LogP contribution < -0.4 is 15.0 Å². The number of furan rings is 1. The highest BCUT2D eigenvalue weighted by molar-refractivity contribution is 5.60. The van der Waals surface area contributed by atoms with Crippen LogP contribution in [-0.2, 0) is 0 Å². The number of aromatic nitrogens is 5. The first-order valence-corrected chi connectivity index (χ1v) is 10.0. The third-order valence-electron chi connectivity index (χ3n) is 4.95. The van der Waals surface area contributed by atoms with E-state index in [2.05, 4.69) is 47.3 Å².